The van der Waals surface area contributed by atoms with Crippen molar-refractivity contribution in [2.75, 3.05) is 6.61 Å². The van der Waals surface area contributed by atoms with Gasteiger partial charge in [0.25, 0.3) is 5.56 Å². The molecule has 0 radical (unpaired) electrons. The normalized spacial score (nSPS) is 21.7. The van der Waals surface area contributed by atoms with E-state index >= 15 is 0 Å². The maximum Gasteiger partial charge on any atom is 0.261 e. The smallest absolute Gasteiger partial charge is 0.261 e. The summed E-state index contributed by atoms with van der Waals surface area (Å²) in [7, 11) is -1.50. The largest absolute Gasteiger partial charge is 0.370 e. The van der Waals surface area contributed by atoms with E-state index in [1.54, 1.807) is 11.5 Å². The van der Waals surface area contributed by atoms with E-state index in [0.29, 0.717) is 29.2 Å². The lowest BCUT2D eigenvalue weighted by Gasteiger charge is -2.19. The molecule has 156 valence electrons. The van der Waals surface area contributed by atoms with Crippen LogP contribution in [0.5, 0.6) is 0 Å². The molecule has 0 bridgehead atoms. The Morgan fingerprint density at radius 2 is 2.03 bits per heavy atom. The Morgan fingerprint density at radius 1 is 1.31 bits per heavy atom. The standard InChI is InChI=1S/C21H26FN3O3S/c1-12(24-29(27)21(2,3)4)15-10-13(22)11-16-18(15)23-19(17-6-5-9-28-17)25(20(16)26)14-7-8-14/h10-11,14,17H,5-9H2,1-4H3/t17-,29+/m0/s1. The van der Waals surface area contributed by atoms with Gasteiger partial charge in [-0.3, -0.25) is 9.36 Å². The van der Waals surface area contributed by atoms with Crippen LogP contribution in [0.4, 0.5) is 4.39 Å². The van der Waals surface area contributed by atoms with Crippen LogP contribution in [0, 0.1) is 5.82 Å². The molecular formula is C21H26FN3O3S. The number of halogens is 1. The fourth-order valence-electron chi connectivity index (χ4n) is 3.57. The summed E-state index contributed by atoms with van der Waals surface area (Å²) in [5.74, 6) is 0.0785. The van der Waals surface area contributed by atoms with Crippen LogP contribution in [0.15, 0.2) is 21.3 Å². The van der Waals surface area contributed by atoms with Crippen LogP contribution >= 0.6 is 0 Å². The molecule has 0 amide bonds. The maximum atomic E-state index is 14.4. The van der Waals surface area contributed by atoms with Gasteiger partial charge in [0.2, 0.25) is 0 Å². The van der Waals surface area contributed by atoms with Crippen molar-refractivity contribution >= 4 is 27.6 Å². The van der Waals surface area contributed by atoms with Gasteiger partial charge < -0.3 is 4.74 Å². The van der Waals surface area contributed by atoms with Crippen LogP contribution in [0.3, 0.4) is 0 Å². The second kappa shape index (κ2) is 7.40. The van der Waals surface area contributed by atoms with E-state index in [4.69, 9.17) is 9.72 Å². The van der Waals surface area contributed by atoms with E-state index in [0.717, 1.165) is 25.7 Å². The second-order valence-corrected chi connectivity index (χ2v) is 10.7. The molecule has 2 aromatic rings. The van der Waals surface area contributed by atoms with Gasteiger partial charge in [0.15, 0.2) is 0 Å². The molecule has 6 nitrogen and oxygen atoms in total. The fourth-order valence-corrected chi connectivity index (χ4v) is 4.19. The molecule has 1 aromatic heterocycles. The molecule has 1 aromatic carbocycles. The number of rotatable bonds is 4. The van der Waals surface area contributed by atoms with Crippen molar-refractivity contribution in [2.45, 2.75) is 70.3 Å². The molecule has 4 rings (SSSR count). The van der Waals surface area contributed by atoms with E-state index in [1.807, 2.05) is 20.8 Å². The molecule has 1 aliphatic carbocycles. The number of hydrogen-bond donors (Lipinski definition) is 0. The average Bonchev–Trinajstić information content (AvgIpc) is 3.33. The Morgan fingerprint density at radius 3 is 2.62 bits per heavy atom. The van der Waals surface area contributed by atoms with Gasteiger partial charge in [-0.1, -0.05) is 0 Å². The third-order valence-corrected chi connectivity index (χ3v) is 6.75. The first-order valence-electron chi connectivity index (χ1n) is 10.0. The van der Waals surface area contributed by atoms with Crippen LogP contribution in [-0.4, -0.2) is 30.8 Å². The monoisotopic (exact) mass is 419 g/mol. The zero-order valence-electron chi connectivity index (χ0n) is 17.2. The molecule has 8 heteroatoms. The van der Waals surface area contributed by atoms with Gasteiger partial charge >= 0.3 is 0 Å². The minimum absolute atomic E-state index is 0.105. The summed E-state index contributed by atoms with van der Waals surface area (Å²) < 4.78 is 38.2. The van der Waals surface area contributed by atoms with Crippen LogP contribution < -0.4 is 5.56 Å². The van der Waals surface area contributed by atoms with Gasteiger partial charge in [-0.25, -0.2) is 13.6 Å². The summed E-state index contributed by atoms with van der Waals surface area (Å²) in [5, 5.41) is 0.227. The molecule has 2 heterocycles. The van der Waals surface area contributed by atoms with Crippen LogP contribution in [0.1, 0.15) is 76.9 Å². The number of hydrogen-bond acceptors (Lipinski definition) is 4. The molecule has 0 N–H and O–H groups in total. The minimum Gasteiger partial charge on any atom is -0.370 e. The molecule has 1 saturated carbocycles. The van der Waals surface area contributed by atoms with E-state index in [2.05, 4.69) is 4.40 Å². The molecule has 1 aliphatic heterocycles. The number of nitrogens with zero attached hydrogens (tertiary/aromatic N) is 3. The van der Waals surface area contributed by atoms with Crippen molar-refractivity contribution in [3.8, 4) is 0 Å². The highest BCUT2D eigenvalue weighted by Crippen LogP contribution is 2.38. The lowest BCUT2D eigenvalue weighted by molar-refractivity contribution is 0.101. The summed E-state index contributed by atoms with van der Waals surface area (Å²) in [6, 6.07) is 2.66. The molecule has 0 spiro atoms. The highest BCUT2D eigenvalue weighted by molar-refractivity contribution is 7.85. The minimum atomic E-state index is -1.50. The first-order valence-corrected chi connectivity index (χ1v) is 11.1. The lowest BCUT2D eigenvalue weighted by Crippen LogP contribution is -2.27. The van der Waals surface area contributed by atoms with Crippen molar-refractivity contribution in [3.05, 3.63) is 39.7 Å². The second-order valence-electron chi connectivity index (χ2n) is 8.77. The molecule has 2 fully saturated rings. The summed E-state index contributed by atoms with van der Waals surface area (Å²) >= 11 is 0. The molecular weight excluding hydrogens is 393 g/mol. The van der Waals surface area contributed by atoms with Crippen LogP contribution in [-0.2, 0) is 15.7 Å². The predicted molar refractivity (Wildman–Crippen MR) is 112 cm³/mol. The van der Waals surface area contributed by atoms with Crippen LogP contribution in [0.25, 0.3) is 10.9 Å². The predicted octanol–water partition coefficient (Wildman–Crippen LogP) is 3.99. The van der Waals surface area contributed by atoms with Gasteiger partial charge in [0.05, 0.1) is 21.4 Å². The van der Waals surface area contributed by atoms with E-state index in [-0.39, 0.29) is 23.1 Å². The molecule has 1 saturated heterocycles. The topological polar surface area (TPSA) is 73.5 Å². The summed E-state index contributed by atoms with van der Waals surface area (Å²) in [6.45, 7) is 7.80. The molecule has 2 atom stereocenters. The third kappa shape index (κ3) is 3.92. The van der Waals surface area contributed by atoms with E-state index in [1.165, 1.54) is 12.1 Å². The fraction of sp³-hybridized carbons (Fsp3) is 0.571. The van der Waals surface area contributed by atoms with E-state index in [9.17, 15) is 13.4 Å². The quantitative estimate of drug-likeness (QED) is 0.703. The first kappa shape index (κ1) is 20.3. The van der Waals surface area contributed by atoms with Crippen molar-refractivity contribution in [1.82, 2.24) is 9.55 Å². The van der Waals surface area contributed by atoms with Crippen molar-refractivity contribution in [3.63, 3.8) is 0 Å². The first-order chi connectivity index (χ1) is 13.7. The Hall–Kier alpha value is -1.93. The van der Waals surface area contributed by atoms with Crippen molar-refractivity contribution in [2.24, 2.45) is 4.40 Å². The van der Waals surface area contributed by atoms with Gasteiger partial charge in [-0.05, 0) is 65.5 Å². The zero-order chi connectivity index (χ0) is 20.9. The number of fused-ring (bicyclic) bond motifs is 1. The van der Waals surface area contributed by atoms with Gasteiger partial charge in [0.1, 0.15) is 28.7 Å². The van der Waals surface area contributed by atoms with Crippen LogP contribution in [0.2, 0.25) is 0 Å². The molecule has 0 unspecified atom stereocenters. The van der Waals surface area contributed by atoms with Gasteiger partial charge in [-0.15, -0.1) is 0 Å². The summed E-state index contributed by atoms with van der Waals surface area (Å²) in [5.41, 5.74) is 0.952. The Labute approximate surface area is 171 Å². The SMILES string of the molecule is CC(=N[S@](=O)C(C)(C)C)c1cc(F)cc2c(=O)n(C3CC3)c([C@@H]3CCCO3)nc12. The van der Waals surface area contributed by atoms with Gasteiger partial charge in [-0.2, -0.15) is 4.40 Å². The zero-order valence-corrected chi connectivity index (χ0v) is 18.0. The Balaban J connectivity index is 1.95. The van der Waals surface area contributed by atoms with Gasteiger partial charge in [0, 0.05) is 18.2 Å². The third-order valence-electron chi connectivity index (χ3n) is 5.26. The lowest BCUT2D eigenvalue weighted by atomic mass is 10.1. The van der Waals surface area contributed by atoms with Crippen molar-refractivity contribution < 1.29 is 13.3 Å². The van der Waals surface area contributed by atoms with E-state index < -0.39 is 21.5 Å². The molecule has 29 heavy (non-hydrogen) atoms. The Kier molecular flexibility index (Phi) is 5.19. The number of benzene rings is 1. The molecule has 2 aliphatic rings. The summed E-state index contributed by atoms with van der Waals surface area (Å²) in [4.78, 5) is 18.1. The average molecular weight is 420 g/mol. The number of aromatic nitrogens is 2. The highest BCUT2D eigenvalue weighted by atomic mass is 32.2. The Bertz CT molecular complexity index is 1080. The highest BCUT2D eigenvalue weighted by Gasteiger charge is 2.33. The van der Waals surface area contributed by atoms with Crippen molar-refractivity contribution in [1.29, 1.82) is 0 Å². The maximum absolute atomic E-state index is 14.4. The number of ether oxygens (including phenoxy) is 1. The summed E-state index contributed by atoms with van der Waals surface area (Å²) in [6.07, 6.45) is 3.33.